The van der Waals surface area contributed by atoms with Crippen LogP contribution in [0.25, 0.3) is 0 Å². The molecule has 1 fully saturated rings. The van der Waals surface area contributed by atoms with Gasteiger partial charge in [-0.2, -0.15) is 4.98 Å². The third-order valence-corrected chi connectivity index (χ3v) is 1.98. The molecule has 0 radical (unpaired) electrons. The maximum Gasteiger partial charge on any atom is 0.252 e. The lowest BCUT2D eigenvalue weighted by atomic mass is 10.2. The highest BCUT2D eigenvalue weighted by molar-refractivity contribution is 4.94. The number of nitrogens with zero attached hydrogens (tertiary/aromatic N) is 2. The second kappa shape index (κ2) is 4.50. The Kier molecular flexibility index (Phi) is 3.07. The van der Waals surface area contributed by atoms with Gasteiger partial charge in [0.1, 0.15) is 6.61 Å². The molecule has 1 aromatic heterocycles. The van der Waals surface area contributed by atoms with Crippen molar-refractivity contribution in [3.05, 3.63) is 11.7 Å². The van der Waals surface area contributed by atoms with Gasteiger partial charge in [-0.05, 0) is 0 Å². The first-order valence-electron chi connectivity index (χ1n) is 4.52. The molecule has 0 bridgehead atoms. The van der Waals surface area contributed by atoms with Crippen LogP contribution in [-0.2, 0) is 16.1 Å². The van der Waals surface area contributed by atoms with Crippen LogP contribution in [0, 0.1) is 0 Å². The van der Waals surface area contributed by atoms with Crippen LogP contribution in [0.4, 0.5) is 0 Å². The smallest absolute Gasteiger partial charge is 0.252 e. The predicted octanol–water partition coefficient (Wildman–Crippen LogP) is -0.123. The zero-order valence-corrected chi connectivity index (χ0v) is 8.02. The van der Waals surface area contributed by atoms with Crippen LogP contribution in [0.1, 0.15) is 17.8 Å². The van der Waals surface area contributed by atoms with Crippen LogP contribution < -0.4 is 5.32 Å². The summed E-state index contributed by atoms with van der Waals surface area (Å²) in [4.78, 5) is 4.18. The monoisotopic (exact) mass is 199 g/mol. The van der Waals surface area contributed by atoms with E-state index in [9.17, 15) is 0 Å². The van der Waals surface area contributed by atoms with Gasteiger partial charge in [0.2, 0.25) is 0 Å². The van der Waals surface area contributed by atoms with E-state index in [0.29, 0.717) is 24.9 Å². The molecule has 1 aliphatic rings. The summed E-state index contributed by atoms with van der Waals surface area (Å²) >= 11 is 0. The van der Waals surface area contributed by atoms with Crippen molar-refractivity contribution in [3.63, 3.8) is 0 Å². The zero-order valence-electron chi connectivity index (χ0n) is 8.02. The molecular formula is C8H13N3O3. The summed E-state index contributed by atoms with van der Waals surface area (Å²) in [6.45, 7) is 2.49. The fraction of sp³-hybridized carbons (Fsp3) is 0.750. The van der Waals surface area contributed by atoms with E-state index in [1.807, 2.05) is 0 Å². The molecule has 6 nitrogen and oxygen atoms in total. The molecule has 1 saturated heterocycles. The average Bonchev–Trinajstić information content (AvgIpc) is 2.68. The normalized spacial score (nSPS) is 22.5. The minimum Gasteiger partial charge on any atom is -0.378 e. The van der Waals surface area contributed by atoms with Crippen LogP contribution in [-0.4, -0.2) is 37.0 Å². The topological polar surface area (TPSA) is 69.4 Å². The van der Waals surface area contributed by atoms with Crippen molar-refractivity contribution < 1.29 is 14.0 Å². The molecule has 0 unspecified atom stereocenters. The molecule has 6 heteroatoms. The standard InChI is InChI=1S/C8H13N3O3/c1-12-5-7-10-8(11-14-7)6-4-13-3-2-9-6/h6,9H,2-5H2,1H3/t6-/m1/s1. The summed E-state index contributed by atoms with van der Waals surface area (Å²) in [5.74, 6) is 1.13. The first-order chi connectivity index (χ1) is 6.90. The number of rotatable bonds is 3. The Labute approximate surface area is 81.6 Å². The van der Waals surface area contributed by atoms with Crippen LogP contribution in [0.15, 0.2) is 4.52 Å². The van der Waals surface area contributed by atoms with E-state index in [-0.39, 0.29) is 6.04 Å². The van der Waals surface area contributed by atoms with Gasteiger partial charge in [0.25, 0.3) is 5.89 Å². The number of methoxy groups -OCH3 is 1. The van der Waals surface area contributed by atoms with Crippen LogP contribution in [0.2, 0.25) is 0 Å². The fourth-order valence-corrected chi connectivity index (χ4v) is 1.32. The molecule has 0 aliphatic carbocycles. The van der Waals surface area contributed by atoms with Crippen LogP contribution >= 0.6 is 0 Å². The van der Waals surface area contributed by atoms with Crippen molar-refractivity contribution in [2.24, 2.45) is 0 Å². The number of aromatic nitrogens is 2. The van der Waals surface area contributed by atoms with Crippen LogP contribution in [0.3, 0.4) is 0 Å². The maximum atomic E-state index is 5.29. The van der Waals surface area contributed by atoms with E-state index in [0.717, 1.165) is 13.2 Å². The van der Waals surface area contributed by atoms with E-state index in [1.54, 1.807) is 7.11 Å². The number of ether oxygens (including phenoxy) is 2. The number of hydrogen-bond donors (Lipinski definition) is 1. The largest absolute Gasteiger partial charge is 0.378 e. The van der Waals surface area contributed by atoms with Crippen molar-refractivity contribution >= 4 is 0 Å². The lowest BCUT2D eigenvalue weighted by molar-refractivity contribution is 0.0734. The molecule has 2 heterocycles. The van der Waals surface area contributed by atoms with Gasteiger partial charge in [0.05, 0.1) is 19.3 Å². The Morgan fingerprint density at radius 2 is 2.57 bits per heavy atom. The van der Waals surface area contributed by atoms with Crippen molar-refractivity contribution in [2.45, 2.75) is 12.6 Å². The molecule has 2 rings (SSSR count). The minimum atomic E-state index is 0.0399. The van der Waals surface area contributed by atoms with Crippen molar-refractivity contribution in [1.82, 2.24) is 15.5 Å². The van der Waals surface area contributed by atoms with Gasteiger partial charge < -0.3 is 19.3 Å². The molecule has 0 saturated carbocycles. The van der Waals surface area contributed by atoms with Gasteiger partial charge in [-0.1, -0.05) is 5.16 Å². The summed E-state index contributed by atoms with van der Waals surface area (Å²) in [6.07, 6.45) is 0. The Morgan fingerprint density at radius 1 is 1.64 bits per heavy atom. The van der Waals surface area contributed by atoms with E-state index in [1.165, 1.54) is 0 Å². The lowest BCUT2D eigenvalue weighted by Crippen LogP contribution is -2.35. The van der Waals surface area contributed by atoms with Gasteiger partial charge >= 0.3 is 0 Å². The number of morpholine rings is 1. The van der Waals surface area contributed by atoms with Crippen molar-refractivity contribution in [1.29, 1.82) is 0 Å². The predicted molar refractivity (Wildman–Crippen MR) is 46.6 cm³/mol. The quantitative estimate of drug-likeness (QED) is 0.731. The van der Waals surface area contributed by atoms with Gasteiger partial charge in [0.15, 0.2) is 5.82 Å². The summed E-state index contributed by atoms with van der Waals surface area (Å²) in [7, 11) is 1.59. The molecule has 14 heavy (non-hydrogen) atoms. The van der Waals surface area contributed by atoms with Gasteiger partial charge in [-0.25, -0.2) is 0 Å². The van der Waals surface area contributed by atoms with Gasteiger partial charge in [-0.15, -0.1) is 0 Å². The van der Waals surface area contributed by atoms with Crippen molar-refractivity contribution in [3.8, 4) is 0 Å². The molecular weight excluding hydrogens is 186 g/mol. The third-order valence-electron chi connectivity index (χ3n) is 1.98. The number of hydrogen-bond acceptors (Lipinski definition) is 6. The summed E-state index contributed by atoms with van der Waals surface area (Å²) < 4.78 is 15.1. The SMILES string of the molecule is COCc1nc([C@H]2COCCN2)no1. The average molecular weight is 199 g/mol. The fourth-order valence-electron chi connectivity index (χ4n) is 1.32. The summed E-state index contributed by atoms with van der Waals surface area (Å²) in [6, 6.07) is 0.0399. The van der Waals surface area contributed by atoms with E-state index in [2.05, 4.69) is 15.5 Å². The minimum absolute atomic E-state index is 0.0399. The lowest BCUT2D eigenvalue weighted by Gasteiger charge is -2.20. The first-order valence-corrected chi connectivity index (χ1v) is 4.52. The van der Waals surface area contributed by atoms with E-state index >= 15 is 0 Å². The highest BCUT2D eigenvalue weighted by Gasteiger charge is 2.20. The highest BCUT2D eigenvalue weighted by Crippen LogP contribution is 2.12. The highest BCUT2D eigenvalue weighted by atomic mass is 16.5. The van der Waals surface area contributed by atoms with E-state index in [4.69, 9.17) is 14.0 Å². The molecule has 0 aromatic carbocycles. The van der Waals surface area contributed by atoms with Gasteiger partial charge in [0, 0.05) is 13.7 Å². The Hall–Kier alpha value is -0.980. The molecule has 1 atom stereocenters. The summed E-state index contributed by atoms with van der Waals surface area (Å²) in [5.41, 5.74) is 0. The molecule has 0 amide bonds. The molecule has 1 aliphatic heterocycles. The first kappa shape index (κ1) is 9.57. The molecule has 0 spiro atoms. The molecule has 1 aromatic rings. The number of nitrogens with one attached hydrogen (secondary N) is 1. The second-order valence-electron chi connectivity index (χ2n) is 3.06. The van der Waals surface area contributed by atoms with Crippen molar-refractivity contribution in [2.75, 3.05) is 26.9 Å². The second-order valence-corrected chi connectivity index (χ2v) is 3.06. The third kappa shape index (κ3) is 2.09. The zero-order chi connectivity index (χ0) is 9.80. The molecule has 78 valence electrons. The Bertz CT molecular complexity index is 283. The van der Waals surface area contributed by atoms with E-state index < -0.39 is 0 Å². The van der Waals surface area contributed by atoms with Crippen LogP contribution in [0.5, 0.6) is 0 Å². The Morgan fingerprint density at radius 3 is 3.29 bits per heavy atom. The Balaban J connectivity index is 2.00. The van der Waals surface area contributed by atoms with Gasteiger partial charge in [-0.3, -0.25) is 0 Å². The molecule has 1 N–H and O–H groups in total. The maximum absolute atomic E-state index is 5.29. The summed E-state index contributed by atoms with van der Waals surface area (Å²) in [5, 5.41) is 7.09.